The van der Waals surface area contributed by atoms with Gasteiger partial charge < -0.3 is 14.2 Å². The van der Waals surface area contributed by atoms with Gasteiger partial charge in [0.2, 0.25) is 10.0 Å². The lowest BCUT2D eigenvalue weighted by Gasteiger charge is -2.14. The molecule has 0 aromatic heterocycles. The molecule has 27 heavy (non-hydrogen) atoms. The van der Waals surface area contributed by atoms with Crippen LogP contribution in [0, 0.1) is 13.8 Å². The van der Waals surface area contributed by atoms with Gasteiger partial charge in [-0.1, -0.05) is 6.07 Å². The van der Waals surface area contributed by atoms with Crippen molar-refractivity contribution in [2.45, 2.75) is 31.6 Å². The number of methoxy groups -OCH3 is 3. The van der Waals surface area contributed by atoms with Crippen LogP contribution >= 0.6 is 0 Å². The van der Waals surface area contributed by atoms with Crippen LogP contribution in [-0.2, 0) is 16.4 Å². The number of nitrogens with one attached hydrogen (secondary N) is 1. The predicted molar refractivity (Wildman–Crippen MR) is 106 cm³/mol. The molecule has 0 bridgehead atoms. The molecule has 0 heterocycles. The lowest BCUT2D eigenvalue weighted by molar-refractivity contribution is 0.354. The van der Waals surface area contributed by atoms with Crippen molar-refractivity contribution in [2.24, 2.45) is 0 Å². The van der Waals surface area contributed by atoms with Crippen molar-refractivity contribution < 1.29 is 22.6 Å². The molecule has 0 amide bonds. The standard InChI is InChI=1S/C20H27NO5S/c1-14-11-17(24-3)12-15(2)20(14)27(22,23)21-10-6-7-16-8-9-18(25-4)19(13-16)26-5/h8-9,11-13,21H,6-7,10H2,1-5H3. The van der Waals surface area contributed by atoms with E-state index in [1.165, 1.54) is 0 Å². The molecular formula is C20H27NO5S. The second kappa shape index (κ2) is 9.10. The van der Waals surface area contributed by atoms with E-state index in [1.54, 1.807) is 47.3 Å². The third-order valence-corrected chi connectivity index (χ3v) is 6.09. The van der Waals surface area contributed by atoms with E-state index >= 15 is 0 Å². The van der Waals surface area contributed by atoms with E-state index in [2.05, 4.69) is 4.72 Å². The molecule has 0 aliphatic heterocycles. The van der Waals surface area contributed by atoms with E-state index in [1.807, 2.05) is 18.2 Å². The van der Waals surface area contributed by atoms with E-state index < -0.39 is 10.0 Å². The van der Waals surface area contributed by atoms with E-state index in [-0.39, 0.29) is 0 Å². The first-order chi connectivity index (χ1) is 12.8. The highest BCUT2D eigenvalue weighted by atomic mass is 32.2. The highest BCUT2D eigenvalue weighted by molar-refractivity contribution is 7.89. The van der Waals surface area contributed by atoms with Gasteiger partial charge in [-0.2, -0.15) is 0 Å². The van der Waals surface area contributed by atoms with Crippen molar-refractivity contribution in [3.63, 3.8) is 0 Å². The lowest BCUT2D eigenvalue weighted by atomic mass is 10.1. The maximum atomic E-state index is 12.7. The zero-order valence-corrected chi connectivity index (χ0v) is 17.3. The Hall–Kier alpha value is -2.25. The Labute approximate surface area is 161 Å². The molecule has 2 aromatic rings. The van der Waals surface area contributed by atoms with Crippen LogP contribution in [0.1, 0.15) is 23.1 Å². The maximum Gasteiger partial charge on any atom is 0.241 e. The fourth-order valence-corrected chi connectivity index (χ4v) is 4.58. The number of aryl methyl sites for hydroxylation is 3. The van der Waals surface area contributed by atoms with E-state index in [9.17, 15) is 8.42 Å². The molecule has 1 N–H and O–H groups in total. The second-order valence-electron chi connectivity index (χ2n) is 6.28. The van der Waals surface area contributed by atoms with Crippen molar-refractivity contribution >= 4 is 10.0 Å². The number of sulfonamides is 1. The van der Waals surface area contributed by atoms with Crippen LogP contribution in [-0.4, -0.2) is 36.3 Å². The Morgan fingerprint density at radius 1 is 0.889 bits per heavy atom. The van der Waals surface area contributed by atoms with Crippen LogP contribution in [0.5, 0.6) is 17.2 Å². The molecule has 0 fully saturated rings. The predicted octanol–water partition coefficient (Wildman–Crippen LogP) is 3.24. The van der Waals surface area contributed by atoms with Crippen LogP contribution < -0.4 is 18.9 Å². The van der Waals surface area contributed by atoms with E-state index in [0.29, 0.717) is 46.2 Å². The van der Waals surface area contributed by atoms with Crippen molar-refractivity contribution in [1.82, 2.24) is 4.72 Å². The van der Waals surface area contributed by atoms with Gasteiger partial charge in [-0.25, -0.2) is 13.1 Å². The lowest BCUT2D eigenvalue weighted by Crippen LogP contribution is -2.26. The SMILES string of the molecule is COc1cc(C)c(S(=O)(=O)NCCCc2ccc(OC)c(OC)c2)c(C)c1. The maximum absolute atomic E-state index is 12.7. The monoisotopic (exact) mass is 393 g/mol. The molecule has 0 atom stereocenters. The fraction of sp³-hybridized carbons (Fsp3) is 0.400. The van der Waals surface area contributed by atoms with E-state index in [4.69, 9.17) is 14.2 Å². The zero-order valence-electron chi connectivity index (χ0n) is 16.5. The van der Waals surface area contributed by atoms with Gasteiger partial charge in [-0.05, 0) is 67.6 Å². The molecule has 2 rings (SSSR count). The van der Waals surface area contributed by atoms with Gasteiger partial charge in [0.15, 0.2) is 11.5 Å². The zero-order chi connectivity index (χ0) is 20.0. The second-order valence-corrected chi connectivity index (χ2v) is 7.98. The quantitative estimate of drug-likeness (QED) is 0.662. The molecule has 7 heteroatoms. The van der Waals surface area contributed by atoms with Gasteiger partial charge in [0, 0.05) is 6.54 Å². The molecule has 0 aliphatic carbocycles. The first-order valence-corrected chi connectivity index (χ1v) is 10.2. The molecular weight excluding hydrogens is 366 g/mol. The summed E-state index contributed by atoms with van der Waals surface area (Å²) < 4.78 is 43.8. The van der Waals surface area contributed by atoms with Crippen LogP contribution in [0.3, 0.4) is 0 Å². The molecule has 0 spiro atoms. The number of rotatable bonds is 9. The first-order valence-electron chi connectivity index (χ1n) is 8.68. The topological polar surface area (TPSA) is 73.9 Å². The Kier molecular flexibility index (Phi) is 7.10. The Bertz CT molecular complexity index is 870. The highest BCUT2D eigenvalue weighted by Crippen LogP contribution is 2.28. The van der Waals surface area contributed by atoms with Gasteiger partial charge in [-0.15, -0.1) is 0 Å². The molecule has 6 nitrogen and oxygen atoms in total. The van der Waals surface area contributed by atoms with Gasteiger partial charge in [0.05, 0.1) is 26.2 Å². The number of hydrogen-bond acceptors (Lipinski definition) is 5. The minimum atomic E-state index is -3.57. The average molecular weight is 394 g/mol. The summed E-state index contributed by atoms with van der Waals surface area (Å²) in [5.74, 6) is 1.99. The number of benzene rings is 2. The molecule has 0 saturated heterocycles. The summed E-state index contributed by atoms with van der Waals surface area (Å²) in [6.07, 6.45) is 1.40. The van der Waals surface area contributed by atoms with Gasteiger partial charge >= 0.3 is 0 Å². The molecule has 0 aliphatic rings. The Balaban J connectivity index is 2.01. The van der Waals surface area contributed by atoms with Crippen LogP contribution in [0.25, 0.3) is 0 Å². The van der Waals surface area contributed by atoms with Crippen LogP contribution in [0.2, 0.25) is 0 Å². The van der Waals surface area contributed by atoms with Crippen molar-refractivity contribution in [3.05, 3.63) is 47.0 Å². The summed E-state index contributed by atoms with van der Waals surface area (Å²) in [5.41, 5.74) is 2.39. The summed E-state index contributed by atoms with van der Waals surface area (Å²) in [5, 5.41) is 0. The molecule has 0 unspecified atom stereocenters. The van der Waals surface area contributed by atoms with Crippen LogP contribution in [0.4, 0.5) is 0 Å². The summed E-state index contributed by atoms with van der Waals surface area (Å²) in [7, 11) is 1.17. The van der Waals surface area contributed by atoms with Crippen molar-refractivity contribution in [1.29, 1.82) is 0 Å². The van der Waals surface area contributed by atoms with Gasteiger partial charge in [0.1, 0.15) is 5.75 Å². The average Bonchev–Trinajstić information content (AvgIpc) is 2.64. The fourth-order valence-electron chi connectivity index (χ4n) is 3.06. The van der Waals surface area contributed by atoms with Gasteiger partial charge in [-0.3, -0.25) is 0 Å². The smallest absolute Gasteiger partial charge is 0.241 e. The van der Waals surface area contributed by atoms with E-state index in [0.717, 1.165) is 12.0 Å². The minimum absolute atomic E-state index is 0.314. The summed E-state index contributed by atoms with van der Waals surface area (Å²) in [4.78, 5) is 0.314. The van der Waals surface area contributed by atoms with Crippen molar-refractivity contribution in [2.75, 3.05) is 27.9 Å². The highest BCUT2D eigenvalue weighted by Gasteiger charge is 2.20. The largest absolute Gasteiger partial charge is 0.497 e. The molecule has 2 aromatic carbocycles. The number of ether oxygens (including phenoxy) is 3. The summed E-state index contributed by atoms with van der Waals surface area (Å²) >= 11 is 0. The molecule has 0 radical (unpaired) electrons. The van der Waals surface area contributed by atoms with Crippen LogP contribution in [0.15, 0.2) is 35.2 Å². The first kappa shape index (κ1) is 21.1. The minimum Gasteiger partial charge on any atom is -0.497 e. The molecule has 0 saturated carbocycles. The third-order valence-electron chi connectivity index (χ3n) is 4.32. The number of hydrogen-bond donors (Lipinski definition) is 1. The van der Waals surface area contributed by atoms with Crippen molar-refractivity contribution in [3.8, 4) is 17.2 Å². The van der Waals surface area contributed by atoms with Gasteiger partial charge in [0.25, 0.3) is 0 Å². The normalized spacial score (nSPS) is 11.3. The summed E-state index contributed by atoms with van der Waals surface area (Å²) in [6.45, 7) is 3.89. The third kappa shape index (κ3) is 5.14. The Morgan fingerprint density at radius 2 is 1.52 bits per heavy atom. The molecule has 148 valence electrons. The summed E-state index contributed by atoms with van der Waals surface area (Å²) in [6, 6.07) is 9.16. The Morgan fingerprint density at radius 3 is 2.07 bits per heavy atom.